The maximum absolute atomic E-state index is 11.9. The van der Waals surface area contributed by atoms with E-state index in [0.717, 1.165) is 42.9 Å². The topological polar surface area (TPSA) is 41.6 Å². The molecule has 0 atom stereocenters. The molecular formula is C14H20N2O2. The van der Waals surface area contributed by atoms with E-state index >= 15 is 0 Å². The van der Waals surface area contributed by atoms with Crippen molar-refractivity contribution in [2.45, 2.75) is 19.8 Å². The Labute approximate surface area is 108 Å². The third-order valence-corrected chi connectivity index (χ3v) is 3.30. The first-order chi connectivity index (χ1) is 8.70. The zero-order chi connectivity index (χ0) is 13.0. The molecule has 98 valence electrons. The Morgan fingerprint density at radius 1 is 1.39 bits per heavy atom. The number of amides is 1. The van der Waals surface area contributed by atoms with Gasteiger partial charge in [-0.1, -0.05) is 0 Å². The second kappa shape index (κ2) is 5.76. The van der Waals surface area contributed by atoms with Gasteiger partial charge < -0.3 is 15.0 Å². The predicted molar refractivity (Wildman–Crippen MR) is 72.0 cm³/mol. The number of hydrogen-bond donors (Lipinski definition) is 1. The number of methoxy groups -OCH3 is 1. The minimum Gasteiger partial charge on any atom is -0.496 e. The summed E-state index contributed by atoms with van der Waals surface area (Å²) in [6.07, 6.45) is 2.26. The summed E-state index contributed by atoms with van der Waals surface area (Å²) in [6, 6.07) is 5.84. The molecule has 1 aromatic carbocycles. The van der Waals surface area contributed by atoms with Gasteiger partial charge in [-0.15, -0.1) is 0 Å². The zero-order valence-electron chi connectivity index (χ0n) is 11.0. The van der Waals surface area contributed by atoms with Crippen LogP contribution in [0.3, 0.4) is 0 Å². The molecule has 4 nitrogen and oxygen atoms in total. The monoisotopic (exact) mass is 248 g/mol. The molecule has 1 amide bonds. The van der Waals surface area contributed by atoms with E-state index in [4.69, 9.17) is 4.74 Å². The van der Waals surface area contributed by atoms with E-state index in [0.29, 0.717) is 6.54 Å². The summed E-state index contributed by atoms with van der Waals surface area (Å²) >= 11 is 0. The first-order valence-corrected chi connectivity index (χ1v) is 6.37. The number of likely N-dealkylation sites (tertiary alicyclic amines) is 1. The second-order valence-corrected chi connectivity index (χ2v) is 4.63. The Morgan fingerprint density at radius 3 is 2.72 bits per heavy atom. The van der Waals surface area contributed by atoms with Gasteiger partial charge in [-0.05, 0) is 43.5 Å². The molecule has 1 aliphatic heterocycles. The third-order valence-electron chi connectivity index (χ3n) is 3.30. The molecule has 0 bridgehead atoms. The molecule has 0 aliphatic carbocycles. The number of hydrogen-bond acceptors (Lipinski definition) is 3. The van der Waals surface area contributed by atoms with Crippen molar-refractivity contribution in [2.24, 2.45) is 0 Å². The normalized spacial score (nSPS) is 14.7. The van der Waals surface area contributed by atoms with Crippen LogP contribution >= 0.6 is 0 Å². The van der Waals surface area contributed by atoms with Crippen LogP contribution in [0.1, 0.15) is 18.4 Å². The van der Waals surface area contributed by atoms with Crippen molar-refractivity contribution in [3.8, 4) is 5.75 Å². The molecular weight excluding hydrogens is 228 g/mol. The van der Waals surface area contributed by atoms with Crippen molar-refractivity contribution >= 4 is 11.6 Å². The quantitative estimate of drug-likeness (QED) is 0.886. The Bertz CT molecular complexity index is 426. The number of nitrogens with zero attached hydrogens (tertiary/aromatic N) is 1. The standard InChI is InChI=1S/C14H20N2O2/c1-11-9-12(5-6-13(11)18-2)15-10-14(17)16-7-3-4-8-16/h5-6,9,15H,3-4,7-8,10H2,1-2H3. The number of benzene rings is 1. The number of rotatable bonds is 4. The van der Waals surface area contributed by atoms with Crippen molar-refractivity contribution in [3.63, 3.8) is 0 Å². The van der Waals surface area contributed by atoms with Gasteiger partial charge in [0.05, 0.1) is 13.7 Å². The number of carbonyl (C=O) groups excluding carboxylic acids is 1. The smallest absolute Gasteiger partial charge is 0.241 e. The highest BCUT2D eigenvalue weighted by Gasteiger charge is 2.17. The van der Waals surface area contributed by atoms with Crippen LogP contribution in [0.4, 0.5) is 5.69 Å². The molecule has 0 saturated carbocycles. The third kappa shape index (κ3) is 2.94. The number of aryl methyl sites for hydroxylation is 1. The van der Waals surface area contributed by atoms with Crippen LogP contribution in [0.5, 0.6) is 5.75 Å². The van der Waals surface area contributed by atoms with Crippen molar-refractivity contribution in [1.29, 1.82) is 0 Å². The molecule has 1 saturated heterocycles. The van der Waals surface area contributed by atoms with Crippen molar-refractivity contribution in [3.05, 3.63) is 23.8 Å². The number of nitrogens with one attached hydrogen (secondary N) is 1. The Balaban J connectivity index is 1.89. The second-order valence-electron chi connectivity index (χ2n) is 4.63. The van der Waals surface area contributed by atoms with Crippen molar-refractivity contribution in [2.75, 3.05) is 32.1 Å². The molecule has 1 aliphatic rings. The SMILES string of the molecule is COc1ccc(NCC(=O)N2CCCC2)cc1C. The summed E-state index contributed by atoms with van der Waals surface area (Å²) in [5.74, 6) is 1.05. The van der Waals surface area contributed by atoms with Gasteiger partial charge in [0.25, 0.3) is 0 Å². The fourth-order valence-corrected chi connectivity index (χ4v) is 2.24. The van der Waals surface area contributed by atoms with Gasteiger partial charge in [0.15, 0.2) is 0 Å². The van der Waals surface area contributed by atoms with Crippen LogP contribution in [0, 0.1) is 6.92 Å². The predicted octanol–water partition coefficient (Wildman–Crippen LogP) is 2.04. The van der Waals surface area contributed by atoms with Gasteiger partial charge in [0.2, 0.25) is 5.91 Å². The van der Waals surface area contributed by atoms with E-state index < -0.39 is 0 Å². The van der Waals surface area contributed by atoms with Gasteiger partial charge in [-0.3, -0.25) is 4.79 Å². The largest absolute Gasteiger partial charge is 0.496 e. The number of anilines is 1. The summed E-state index contributed by atoms with van der Waals surface area (Å²) in [4.78, 5) is 13.8. The summed E-state index contributed by atoms with van der Waals surface area (Å²) in [6.45, 7) is 4.17. The van der Waals surface area contributed by atoms with Crippen LogP contribution in [0.25, 0.3) is 0 Å². The van der Waals surface area contributed by atoms with Crippen molar-refractivity contribution in [1.82, 2.24) is 4.90 Å². The molecule has 0 unspecified atom stereocenters. The molecule has 4 heteroatoms. The lowest BCUT2D eigenvalue weighted by Gasteiger charge is -2.16. The van der Waals surface area contributed by atoms with Gasteiger partial charge in [0, 0.05) is 18.8 Å². The molecule has 1 fully saturated rings. The summed E-state index contributed by atoms with van der Waals surface area (Å²) in [5, 5.41) is 3.17. The summed E-state index contributed by atoms with van der Waals surface area (Å²) in [5.41, 5.74) is 2.02. The average Bonchev–Trinajstić information content (AvgIpc) is 2.90. The van der Waals surface area contributed by atoms with Crippen LogP contribution in [0.15, 0.2) is 18.2 Å². The van der Waals surface area contributed by atoms with Crippen LogP contribution in [0.2, 0.25) is 0 Å². The van der Waals surface area contributed by atoms with Gasteiger partial charge in [-0.2, -0.15) is 0 Å². The molecule has 0 radical (unpaired) electrons. The minimum atomic E-state index is 0.181. The molecule has 0 spiro atoms. The number of ether oxygens (including phenoxy) is 1. The van der Waals surface area contributed by atoms with Gasteiger partial charge in [-0.25, -0.2) is 0 Å². The lowest BCUT2D eigenvalue weighted by molar-refractivity contribution is -0.128. The lowest BCUT2D eigenvalue weighted by Crippen LogP contribution is -2.32. The Hall–Kier alpha value is -1.71. The van der Waals surface area contributed by atoms with E-state index in [1.165, 1.54) is 0 Å². The van der Waals surface area contributed by atoms with Gasteiger partial charge in [0.1, 0.15) is 5.75 Å². The highest BCUT2D eigenvalue weighted by Crippen LogP contribution is 2.21. The van der Waals surface area contributed by atoms with Crippen molar-refractivity contribution < 1.29 is 9.53 Å². The van der Waals surface area contributed by atoms with E-state index in [9.17, 15) is 4.79 Å². The average molecular weight is 248 g/mol. The number of carbonyl (C=O) groups is 1. The molecule has 1 N–H and O–H groups in total. The molecule has 1 heterocycles. The highest BCUT2D eigenvalue weighted by atomic mass is 16.5. The molecule has 18 heavy (non-hydrogen) atoms. The maximum atomic E-state index is 11.9. The highest BCUT2D eigenvalue weighted by molar-refractivity contribution is 5.81. The fraction of sp³-hybridized carbons (Fsp3) is 0.500. The lowest BCUT2D eigenvalue weighted by atomic mass is 10.2. The van der Waals surface area contributed by atoms with Crippen LogP contribution in [-0.4, -0.2) is 37.6 Å². The Kier molecular flexibility index (Phi) is 4.07. The first-order valence-electron chi connectivity index (χ1n) is 6.37. The zero-order valence-corrected chi connectivity index (χ0v) is 11.0. The summed E-state index contributed by atoms with van der Waals surface area (Å²) in [7, 11) is 1.66. The van der Waals surface area contributed by atoms with Gasteiger partial charge >= 0.3 is 0 Å². The van der Waals surface area contributed by atoms with E-state index in [1.54, 1.807) is 7.11 Å². The van der Waals surface area contributed by atoms with E-state index in [2.05, 4.69) is 5.32 Å². The summed E-state index contributed by atoms with van der Waals surface area (Å²) < 4.78 is 5.20. The fourth-order valence-electron chi connectivity index (χ4n) is 2.24. The first kappa shape index (κ1) is 12.7. The van der Waals surface area contributed by atoms with Crippen LogP contribution < -0.4 is 10.1 Å². The molecule has 0 aromatic heterocycles. The van der Waals surface area contributed by atoms with Crippen LogP contribution in [-0.2, 0) is 4.79 Å². The molecule has 2 rings (SSSR count). The van der Waals surface area contributed by atoms with E-state index in [-0.39, 0.29) is 5.91 Å². The van der Waals surface area contributed by atoms with E-state index in [1.807, 2.05) is 30.0 Å². The Morgan fingerprint density at radius 2 is 2.11 bits per heavy atom. The molecule has 1 aromatic rings. The maximum Gasteiger partial charge on any atom is 0.241 e. The minimum absolute atomic E-state index is 0.181.